The average Bonchev–Trinajstić information content (AvgIpc) is 2.41. The van der Waals surface area contributed by atoms with Gasteiger partial charge in [-0.05, 0) is 34.6 Å². The molecule has 1 heterocycles. The van der Waals surface area contributed by atoms with Crippen molar-refractivity contribution >= 4 is 33.2 Å². The second-order valence-corrected chi connectivity index (χ2v) is 5.57. The van der Waals surface area contributed by atoms with Gasteiger partial charge in [0, 0.05) is 19.6 Å². The minimum Gasteiger partial charge on any atom is -0.381 e. The lowest BCUT2D eigenvalue weighted by Gasteiger charge is -2.32. The molecule has 1 aliphatic heterocycles. The molecule has 1 atom stereocenters. The Labute approximate surface area is 122 Å². The first-order chi connectivity index (χ1) is 8.70. The quantitative estimate of drug-likeness (QED) is 0.915. The minimum absolute atomic E-state index is 0.240. The molecule has 0 radical (unpaired) electrons. The number of hydrogen-bond donors (Lipinski definition) is 1. The molecular weight excluding hydrogens is 316 g/mol. The standard InChI is InChI=1S/C13H18BrClN2O/c1-2-17-6-7-18-10(9-17)8-16-12-5-3-4-11(15)13(12)14/h3-5,10,16H,2,6-9H2,1H3. The van der Waals surface area contributed by atoms with Crippen molar-refractivity contribution in [2.75, 3.05) is 38.1 Å². The van der Waals surface area contributed by atoms with Crippen molar-refractivity contribution in [3.63, 3.8) is 0 Å². The van der Waals surface area contributed by atoms with Crippen LogP contribution in [0.2, 0.25) is 5.02 Å². The number of nitrogens with zero attached hydrogens (tertiary/aromatic N) is 1. The van der Waals surface area contributed by atoms with Crippen molar-refractivity contribution in [1.82, 2.24) is 4.90 Å². The van der Waals surface area contributed by atoms with Crippen LogP contribution >= 0.6 is 27.5 Å². The van der Waals surface area contributed by atoms with Gasteiger partial charge in [-0.25, -0.2) is 0 Å². The molecule has 1 unspecified atom stereocenters. The van der Waals surface area contributed by atoms with E-state index in [4.69, 9.17) is 16.3 Å². The van der Waals surface area contributed by atoms with Crippen molar-refractivity contribution < 1.29 is 4.74 Å². The summed E-state index contributed by atoms with van der Waals surface area (Å²) in [7, 11) is 0. The number of ether oxygens (including phenoxy) is 1. The summed E-state index contributed by atoms with van der Waals surface area (Å²) in [6.07, 6.45) is 0.240. The molecule has 0 amide bonds. The van der Waals surface area contributed by atoms with E-state index in [1.54, 1.807) is 0 Å². The highest BCUT2D eigenvalue weighted by molar-refractivity contribution is 9.10. The zero-order valence-corrected chi connectivity index (χ0v) is 12.8. The molecule has 18 heavy (non-hydrogen) atoms. The van der Waals surface area contributed by atoms with Gasteiger partial charge < -0.3 is 10.1 Å². The Morgan fingerprint density at radius 3 is 3.17 bits per heavy atom. The predicted octanol–water partition coefficient (Wildman–Crippen LogP) is 3.24. The van der Waals surface area contributed by atoms with E-state index < -0.39 is 0 Å². The summed E-state index contributed by atoms with van der Waals surface area (Å²) in [5, 5.41) is 4.11. The Morgan fingerprint density at radius 1 is 1.56 bits per heavy atom. The molecule has 0 aromatic heterocycles. The highest BCUT2D eigenvalue weighted by Crippen LogP contribution is 2.30. The molecular formula is C13H18BrClN2O. The summed E-state index contributed by atoms with van der Waals surface area (Å²) in [5.74, 6) is 0. The van der Waals surface area contributed by atoms with E-state index >= 15 is 0 Å². The molecule has 0 aliphatic carbocycles. The molecule has 1 N–H and O–H groups in total. The van der Waals surface area contributed by atoms with Crippen molar-refractivity contribution in [3.05, 3.63) is 27.7 Å². The largest absolute Gasteiger partial charge is 0.381 e. The lowest BCUT2D eigenvalue weighted by atomic mass is 10.2. The van der Waals surface area contributed by atoms with E-state index in [0.717, 1.165) is 48.0 Å². The smallest absolute Gasteiger partial charge is 0.0874 e. The topological polar surface area (TPSA) is 24.5 Å². The molecule has 100 valence electrons. The van der Waals surface area contributed by atoms with Gasteiger partial charge in [0.25, 0.3) is 0 Å². The monoisotopic (exact) mass is 332 g/mol. The third-order valence-electron chi connectivity index (χ3n) is 3.14. The Kier molecular flexibility index (Phi) is 5.30. The molecule has 1 aromatic carbocycles. The van der Waals surface area contributed by atoms with E-state index in [9.17, 15) is 0 Å². The fourth-order valence-corrected chi connectivity index (χ4v) is 2.63. The second-order valence-electron chi connectivity index (χ2n) is 4.37. The Bertz CT molecular complexity index is 403. The van der Waals surface area contributed by atoms with E-state index in [-0.39, 0.29) is 6.10 Å². The van der Waals surface area contributed by atoms with Gasteiger partial charge in [0.2, 0.25) is 0 Å². The number of benzene rings is 1. The number of morpholine rings is 1. The lowest BCUT2D eigenvalue weighted by Crippen LogP contribution is -2.45. The van der Waals surface area contributed by atoms with E-state index in [2.05, 4.69) is 33.1 Å². The summed E-state index contributed by atoms with van der Waals surface area (Å²) < 4.78 is 6.66. The van der Waals surface area contributed by atoms with Crippen LogP contribution in [0, 0.1) is 0 Å². The van der Waals surface area contributed by atoms with E-state index in [1.807, 2.05) is 18.2 Å². The number of halogens is 2. The zero-order valence-electron chi connectivity index (χ0n) is 10.5. The Morgan fingerprint density at radius 2 is 2.39 bits per heavy atom. The van der Waals surface area contributed by atoms with Gasteiger partial charge >= 0.3 is 0 Å². The molecule has 1 saturated heterocycles. The van der Waals surface area contributed by atoms with Crippen LogP contribution < -0.4 is 5.32 Å². The SMILES string of the molecule is CCN1CCOC(CNc2cccc(Cl)c2Br)C1. The lowest BCUT2D eigenvalue weighted by molar-refractivity contribution is -0.0191. The average molecular weight is 334 g/mol. The van der Waals surface area contributed by atoms with Crippen LogP contribution in [-0.4, -0.2) is 43.8 Å². The van der Waals surface area contributed by atoms with Gasteiger partial charge in [0.05, 0.1) is 27.9 Å². The first-order valence-electron chi connectivity index (χ1n) is 6.22. The predicted molar refractivity (Wildman–Crippen MR) is 79.5 cm³/mol. The molecule has 5 heteroatoms. The normalized spacial score (nSPS) is 20.9. The van der Waals surface area contributed by atoms with Crippen molar-refractivity contribution in [2.24, 2.45) is 0 Å². The van der Waals surface area contributed by atoms with Gasteiger partial charge in [0.15, 0.2) is 0 Å². The van der Waals surface area contributed by atoms with Gasteiger partial charge in [-0.2, -0.15) is 0 Å². The van der Waals surface area contributed by atoms with E-state index in [0.29, 0.717) is 0 Å². The fraction of sp³-hybridized carbons (Fsp3) is 0.538. The van der Waals surface area contributed by atoms with Gasteiger partial charge in [-0.3, -0.25) is 4.90 Å². The van der Waals surface area contributed by atoms with Gasteiger partial charge in [-0.1, -0.05) is 24.6 Å². The molecule has 3 nitrogen and oxygen atoms in total. The third kappa shape index (κ3) is 3.60. The maximum Gasteiger partial charge on any atom is 0.0874 e. The molecule has 0 saturated carbocycles. The Balaban J connectivity index is 1.89. The maximum atomic E-state index is 6.05. The summed E-state index contributed by atoms with van der Waals surface area (Å²) in [6.45, 7) is 6.91. The van der Waals surface area contributed by atoms with Crippen LogP contribution in [0.15, 0.2) is 22.7 Å². The first-order valence-corrected chi connectivity index (χ1v) is 7.39. The number of nitrogens with one attached hydrogen (secondary N) is 1. The molecule has 1 aliphatic rings. The Hall–Kier alpha value is -0.290. The number of likely N-dealkylation sites (N-methyl/N-ethyl adjacent to an activating group) is 1. The summed E-state index contributed by atoms with van der Waals surface area (Å²) in [5.41, 5.74) is 1.01. The first kappa shape index (κ1) is 14.1. The van der Waals surface area contributed by atoms with Crippen molar-refractivity contribution in [1.29, 1.82) is 0 Å². The molecule has 0 bridgehead atoms. The van der Waals surface area contributed by atoms with Crippen molar-refractivity contribution in [2.45, 2.75) is 13.0 Å². The van der Waals surface area contributed by atoms with Crippen LogP contribution in [0.5, 0.6) is 0 Å². The van der Waals surface area contributed by atoms with Crippen LogP contribution in [0.4, 0.5) is 5.69 Å². The number of hydrogen-bond acceptors (Lipinski definition) is 3. The number of anilines is 1. The van der Waals surface area contributed by atoms with Gasteiger partial charge in [-0.15, -0.1) is 0 Å². The third-order valence-corrected chi connectivity index (χ3v) is 4.54. The minimum atomic E-state index is 0.240. The molecule has 1 fully saturated rings. The molecule has 2 rings (SSSR count). The number of rotatable bonds is 4. The summed E-state index contributed by atoms with van der Waals surface area (Å²) >= 11 is 9.54. The summed E-state index contributed by atoms with van der Waals surface area (Å²) in [4.78, 5) is 2.41. The van der Waals surface area contributed by atoms with Crippen LogP contribution in [0.25, 0.3) is 0 Å². The van der Waals surface area contributed by atoms with Crippen LogP contribution in [0.3, 0.4) is 0 Å². The maximum absolute atomic E-state index is 6.05. The second kappa shape index (κ2) is 6.75. The molecule has 0 spiro atoms. The van der Waals surface area contributed by atoms with Crippen LogP contribution in [0.1, 0.15) is 6.92 Å². The fourth-order valence-electron chi connectivity index (χ4n) is 2.06. The van der Waals surface area contributed by atoms with Crippen LogP contribution in [-0.2, 0) is 4.74 Å². The van der Waals surface area contributed by atoms with Gasteiger partial charge in [0.1, 0.15) is 0 Å². The highest BCUT2D eigenvalue weighted by Gasteiger charge is 2.19. The van der Waals surface area contributed by atoms with E-state index in [1.165, 1.54) is 0 Å². The zero-order chi connectivity index (χ0) is 13.0. The molecule has 1 aromatic rings. The van der Waals surface area contributed by atoms with Crippen molar-refractivity contribution in [3.8, 4) is 0 Å². The summed E-state index contributed by atoms with van der Waals surface area (Å²) in [6, 6.07) is 5.82. The highest BCUT2D eigenvalue weighted by atomic mass is 79.9.